The highest BCUT2D eigenvalue weighted by atomic mass is 35.5. The van der Waals surface area contributed by atoms with Gasteiger partial charge in [0.2, 0.25) is 11.8 Å². The molecule has 3 aromatic carbocycles. The number of alkyl halides is 2. The van der Waals surface area contributed by atoms with Crippen LogP contribution >= 0.6 is 23.2 Å². The standard InChI is InChI=1S/C27H22Cl2N2O5/c28-21-12-19-20(13-22(21)29)26(34)31(25(19)33)17-10-8-16(9-11-17)27(35)36-14-24(32)30-23-7-3-5-15-4-1-2-6-18(15)23/h1-11,19-22H,12-14H2,(H,30,32)/t19-,20+,21-,22-/m0/s1. The summed E-state index contributed by atoms with van der Waals surface area (Å²) in [5, 5.41) is 3.90. The number of nitrogens with zero attached hydrogens (tertiary/aromatic N) is 1. The van der Waals surface area contributed by atoms with Crippen LogP contribution in [0.1, 0.15) is 23.2 Å². The highest BCUT2D eigenvalue weighted by Gasteiger charge is 2.52. The van der Waals surface area contributed by atoms with Gasteiger partial charge in [0.25, 0.3) is 5.91 Å². The van der Waals surface area contributed by atoms with Crippen molar-refractivity contribution >= 4 is 69.0 Å². The van der Waals surface area contributed by atoms with E-state index >= 15 is 0 Å². The number of hydrogen-bond acceptors (Lipinski definition) is 5. The number of anilines is 2. The molecule has 1 aliphatic heterocycles. The molecule has 4 atom stereocenters. The minimum Gasteiger partial charge on any atom is -0.452 e. The maximum atomic E-state index is 12.9. The van der Waals surface area contributed by atoms with Crippen LogP contribution in [0.3, 0.4) is 0 Å². The molecule has 0 radical (unpaired) electrons. The molecule has 0 bridgehead atoms. The Bertz CT molecular complexity index is 1330. The quantitative estimate of drug-likeness (QED) is 0.295. The van der Waals surface area contributed by atoms with Gasteiger partial charge in [0, 0.05) is 11.1 Å². The van der Waals surface area contributed by atoms with Crippen molar-refractivity contribution < 1.29 is 23.9 Å². The largest absolute Gasteiger partial charge is 0.452 e. The van der Waals surface area contributed by atoms with Crippen LogP contribution in [-0.2, 0) is 19.1 Å². The lowest BCUT2D eigenvalue weighted by Gasteiger charge is -2.28. The van der Waals surface area contributed by atoms with Gasteiger partial charge in [-0.25, -0.2) is 4.79 Å². The second-order valence-corrected chi connectivity index (χ2v) is 10.0. The third kappa shape index (κ3) is 4.56. The minimum atomic E-state index is -0.697. The number of carbonyl (C=O) groups is 4. The molecule has 3 aromatic rings. The molecule has 2 fully saturated rings. The zero-order chi connectivity index (χ0) is 25.4. The summed E-state index contributed by atoms with van der Waals surface area (Å²) in [6.07, 6.45) is 0.708. The lowest BCUT2D eigenvalue weighted by molar-refractivity contribution is -0.122. The van der Waals surface area contributed by atoms with Gasteiger partial charge in [-0.15, -0.1) is 23.2 Å². The van der Waals surface area contributed by atoms with Gasteiger partial charge >= 0.3 is 5.97 Å². The number of rotatable bonds is 5. The summed E-state index contributed by atoms with van der Waals surface area (Å²) in [6, 6.07) is 19.1. The van der Waals surface area contributed by atoms with Crippen LogP contribution in [0, 0.1) is 11.8 Å². The molecule has 2 aliphatic rings. The third-order valence-corrected chi connectivity index (χ3v) is 7.76. The lowest BCUT2D eigenvalue weighted by Crippen LogP contribution is -2.34. The number of hydrogen-bond donors (Lipinski definition) is 1. The van der Waals surface area contributed by atoms with E-state index in [0.717, 1.165) is 15.7 Å². The van der Waals surface area contributed by atoms with Crippen molar-refractivity contribution in [1.82, 2.24) is 0 Å². The van der Waals surface area contributed by atoms with Crippen molar-refractivity contribution in [1.29, 1.82) is 0 Å². The summed E-state index contributed by atoms with van der Waals surface area (Å²) in [4.78, 5) is 51.8. The van der Waals surface area contributed by atoms with Crippen molar-refractivity contribution in [2.24, 2.45) is 11.8 Å². The van der Waals surface area contributed by atoms with Crippen LogP contribution in [0.4, 0.5) is 11.4 Å². The second kappa shape index (κ2) is 9.91. The fourth-order valence-corrected chi connectivity index (χ4v) is 5.42. The number of amides is 3. The fourth-order valence-electron chi connectivity index (χ4n) is 4.83. The molecule has 1 aliphatic carbocycles. The maximum Gasteiger partial charge on any atom is 0.338 e. The highest BCUT2D eigenvalue weighted by molar-refractivity contribution is 6.31. The van der Waals surface area contributed by atoms with E-state index in [1.807, 2.05) is 36.4 Å². The Balaban J connectivity index is 1.21. The van der Waals surface area contributed by atoms with Gasteiger partial charge in [-0.05, 0) is 48.6 Å². The molecule has 1 heterocycles. The monoisotopic (exact) mass is 524 g/mol. The van der Waals surface area contributed by atoms with Crippen molar-refractivity contribution in [3.63, 3.8) is 0 Å². The first-order valence-corrected chi connectivity index (χ1v) is 12.4. The van der Waals surface area contributed by atoms with Crippen molar-refractivity contribution in [2.75, 3.05) is 16.8 Å². The van der Waals surface area contributed by atoms with Gasteiger partial charge in [0.15, 0.2) is 6.61 Å². The Morgan fingerprint density at radius 2 is 1.47 bits per heavy atom. The molecule has 1 N–H and O–H groups in total. The van der Waals surface area contributed by atoms with E-state index in [1.54, 1.807) is 6.07 Å². The molecule has 5 rings (SSSR count). The third-order valence-electron chi connectivity index (χ3n) is 6.67. The van der Waals surface area contributed by atoms with Crippen molar-refractivity contribution in [3.8, 4) is 0 Å². The Morgan fingerprint density at radius 1 is 0.861 bits per heavy atom. The summed E-state index contributed by atoms with van der Waals surface area (Å²) in [5.41, 5.74) is 1.18. The number of fused-ring (bicyclic) bond motifs is 2. The van der Waals surface area contributed by atoms with E-state index in [-0.39, 0.29) is 28.1 Å². The molecule has 0 unspecified atom stereocenters. The summed E-state index contributed by atoms with van der Waals surface area (Å²) in [7, 11) is 0. The van der Waals surface area contributed by atoms with E-state index in [0.29, 0.717) is 24.2 Å². The molecule has 1 saturated heterocycles. The molecule has 7 nitrogen and oxygen atoms in total. The number of ether oxygens (including phenoxy) is 1. The van der Waals surface area contributed by atoms with Crippen LogP contribution in [0.5, 0.6) is 0 Å². The Kier molecular flexibility index (Phi) is 6.69. The Labute approximate surface area is 217 Å². The predicted octanol–water partition coefficient (Wildman–Crippen LogP) is 4.75. The van der Waals surface area contributed by atoms with Crippen LogP contribution in [0.15, 0.2) is 66.7 Å². The molecule has 36 heavy (non-hydrogen) atoms. The number of halogens is 2. The first kappa shape index (κ1) is 24.3. The number of carbonyl (C=O) groups excluding carboxylic acids is 4. The van der Waals surface area contributed by atoms with Gasteiger partial charge in [-0.1, -0.05) is 36.4 Å². The van der Waals surface area contributed by atoms with E-state index < -0.39 is 30.3 Å². The van der Waals surface area contributed by atoms with Crippen molar-refractivity contribution in [3.05, 3.63) is 72.3 Å². The van der Waals surface area contributed by atoms with Crippen LogP contribution in [0.25, 0.3) is 10.8 Å². The van der Waals surface area contributed by atoms with Crippen LogP contribution in [-0.4, -0.2) is 41.1 Å². The molecule has 0 aromatic heterocycles. The normalized spacial score (nSPS) is 23.4. The van der Waals surface area contributed by atoms with E-state index in [2.05, 4.69) is 5.32 Å². The summed E-state index contributed by atoms with van der Waals surface area (Å²) < 4.78 is 5.15. The number of benzene rings is 3. The number of imide groups is 1. The average molecular weight is 525 g/mol. The predicted molar refractivity (Wildman–Crippen MR) is 137 cm³/mol. The second-order valence-electron chi connectivity index (χ2n) is 8.93. The van der Waals surface area contributed by atoms with Gasteiger partial charge in [0.05, 0.1) is 33.8 Å². The summed E-state index contributed by atoms with van der Waals surface area (Å²) in [5.74, 6) is -2.75. The zero-order valence-electron chi connectivity index (χ0n) is 19.0. The van der Waals surface area contributed by atoms with Gasteiger partial charge in [-0.3, -0.25) is 19.3 Å². The average Bonchev–Trinajstić information content (AvgIpc) is 3.12. The zero-order valence-corrected chi connectivity index (χ0v) is 20.5. The molecular formula is C27H22Cl2N2O5. The van der Waals surface area contributed by atoms with E-state index in [9.17, 15) is 19.2 Å². The van der Waals surface area contributed by atoms with E-state index in [1.165, 1.54) is 24.3 Å². The molecule has 9 heteroatoms. The Morgan fingerprint density at radius 3 is 2.14 bits per heavy atom. The SMILES string of the molecule is O=C(COC(=O)c1ccc(N2C(=O)[C@H]3C[C@H](Cl)[C@@H](Cl)C[C@H]3C2=O)cc1)Nc1cccc2ccccc12. The summed E-state index contributed by atoms with van der Waals surface area (Å²) >= 11 is 12.5. The highest BCUT2D eigenvalue weighted by Crippen LogP contribution is 2.43. The minimum absolute atomic E-state index is 0.190. The maximum absolute atomic E-state index is 12.9. The van der Waals surface area contributed by atoms with E-state index in [4.69, 9.17) is 27.9 Å². The van der Waals surface area contributed by atoms with Gasteiger partial charge in [0.1, 0.15) is 0 Å². The first-order chi connectivity index (χ1) is 17.3. The number of esters is 1. The molecule has 184 valence electrons. The number of nitrogens with one attached hydrogen (secondary N) is 1. The Hall–Kier alpha value is -3.42. The molecule has 0 spiro atoms. The first-order valence-electron chi connectivity index (χ1n) is 11.5. The summed E-state index contributed by atoms with van der Waals surface area (Å²) in [6.45, 7) is -0.463. The lowest BCUT2D eigenvalue weighted by atomic mass is 9.80. The molecule has 1 saturated carbocycles. The molecular weight excluding hydrogens is 503 g/mol. The van der Waals surface area contributed by atoms with Gasteiger partial charge in [-0.2, -0.15) is 0 Å². The topological polar surface area (TPSA) is 92.8 Å². The fraction of sp³-hybridized carbons (Fsp3) is 0.259. The molecule has 3 amide bonds. The van der Waals surface area contributed by atoms with Gasteiger partial charge < -0.3 is 10.1 Å². The van der Waals surface area contributed by atoms with Crippen molar-refractivity contribution in [2.45, 2.75) is 23.6 Å². The smallest absolute Gasteiger partial charge is 0.338 e. The van der Waals surface area contributed by atoms with Crippen LogP contribution in [0.2, 0.25) is 0 Å². The van der Waals surface area contributed by atoms with Crippen LogP contribution < -0.4 is 10.2 Å².